The smallest absolute Gasteiger partial charge is 0.257 e. The first-order valence-electron chi connectivity index (χ1n) is 10.2. The summed E-state index contributed by atoms with van der Waals surface area (Å²) in [6, 6.07) is 18.7. The van der Waals surface area contributed by atoms with E-state index in [1.54, 1.807) is 0 Å². The molecule has 0 bridgehead atoms. The molecule has 148 valence electrons. The Bertz CT molecular complexity index is 1220. The van der Waals surface area contributed by atoms with Gasteiger partial charge in [0.15, 0.2) is 0 Å². The van der Waals surface area contributed by atoms with Crippen LogP contribution in [0, 0.1) is 5.92 Å². The summed E-state index contributed by atoms with van der Waals surface area (Å²) < 4.78 is 5.50. The lowest BCUT2D eigenvalue weighted by Gasteiger charge is -2.19. The van der Waals surface area contributed by atoms with E-state index in [0.29, 0.717) is 17.5 Å². The van der Waals surface area contributed by atoms with Gasteiger partial charge < -0.3 is 20.0 Å². The number of fused-ring (bicyclic) bond motifs is 2. The van der Waals surface area contributed by atoms with Gasteiger partial charge in [0, 0.05) is 35.6 Å². The Morgan fingerprint density at radius 3 is 2.79 bits per heavy atom. The van der Waals surface area contributed by atoms with Crippen LogP contribution in [0.25, 0.3) is 33.1 Å². The van der Waals surface area contributed by atoms with Crippen molar-refractivity contribution in [1.82, 2.24) is 15.3 Å². The first-order chi connectivity index (χ1) is 14.2. The van der Waals surface area contributed by atoms with Crippen molar-refractivity contribution in [2.45, 2.75) is 25.9 Å². The van der Waals surface area contributed by atoms with Crippen molar-refractivity contribution >= 4 is 21.8 Å². The van der Waals surface area contributed by atoms with Crippen molar-refractivity contribution in [3.05, 3.63) is 70.5 Å². The molecule has 5 rings (SSSR count). The summed E-state index contributed by atoms with van der Waals surface area (Å²) in [7, 11) is 0. The van der Waals surface area contributed by atoms with Crippen LogP contribution in [-0.4, -0.2) is 29.2 Å². The summed E-state index contributed by atoms with van der Waals surface area (Å²) in [6.07, 6.45) is 1.13. The molecule has 0 radical (unpaired) electrons. The molecular formula is C24H25N3O2. The van der Waals surface area contributed by atoms with E-state index in [9.17, 15) is 4.79 Å². The van der Waals surface area contributed by atoms with Gasteiger partial charge in [-0.1, -0.05) is 24.3 Å². The third kappa shape index (κ3) is 3.59. The summed E-state index contributed by atoms with van der Waals surface area (Å²) in [6.45, 7) is 4.79. The van der Waals surface area contributed by atoms with Crippen molar-refractivity contribution in [2.24, 2.45) is 5.92 Å². The number of rotatable bonds is 5. The fourth-order valence-corrected chi connectivity index (χ4v) is 4.18. The van der Waals surface area contributed by atoms with E-state index < -0.39 is 0 Å². The zero-order chi connectivity index (χ0) is 19.8. The molecule has 0 spiro atoms. The van der Waals surface area contributed by atoms with Gasteiger partial charge in [-0.2, -0.15) is 0 Å². The molecule has 1 saturated heterocycles. The van der Waals surface area contributed by atoms with Crippen LogP contribution in [-0.2, 0) is 11.3 Å². The Labute approximate surface area is 169 Å². The Hall–Kier alpha value is -2.89. The number of benzene rings is 2. The average molecular weight is 387 g/mol. The fourth-order valence-electron chi connectivity index (χ4n) is 4.18. The Morgan fingerprint density at radius 1 is 1.07 bits per heavy atom. The molecular weight excluding hydrogens is 362 g/mol. The number of hydrogen-bond acceptors (Lipinski definition) is 3. The summed E-state index contributed by atoms with van der Waals surface area (Å²) in [5.74, 6) is 0.595. The maximum Gasteiger partial charge on any atom is 0.257 e. The predicted molar refractivity (Wildman–Crippen MR) is 117 cm³/mol. The molecule has 29 heavy (non-hydrogen) atoms. The van der Waals surface area contributed by atoms with Gasteiger partial charge in [-0.3, -0.25) is 4.79 Å². The zero-order valence-electron chi connectivity index (χ0n) is 16.5. The highest BCUT2D eigenvalue weighted by atomic mass is 16.5. The number of aromatic nitrogens is 2. The van der Waals surface area contributed by atoms with E-state index in [-0.39, 0.29) is 5.56 Å². The van der Waals surface area contributed by atoms with Crippen molar-refractivity contribution in [2.75, 3.05) is 13.2 Å². The van der Waals surface area contributed by atoms with E-state index in [0.717, 1.165) is 53.7 Å². The van der Waals surface area contributed by atoms with E-state index in [1.165, 1.54) is 5.56 Å². The minimum Gasteiger partial charge on any atom is -0.381 e. The SMILES string of the molecule is CC(NCc1ccc2[nH]c(-c3cc4ccccc4[nH]c3=O)cc2c1)C1CCOC1. The number of H-pyrrole nitrogens is 2. The fraction of sp³-hybridized carbons (Fsp3) is 0.292. The monoisotopic (exact) mass is 387 g/mol. The molecule has 3 heterocycles. The number of para-hydroxylation sites is 1. The third-order valence-electron chi connectivity index (χ3n) is 6.03. The van der Waals surface area contributed by atoms with Gasteiger partial charge in [0.1, 0.15) is 0 Å². The van der Waals surface area contributed by atoms with Crippen LogP contribution in [0.3, 0.4) is 0 Å². The molecule has 2 aromatic carbocycles. The second-order valence-electron chi connectivity index (χ2n) is 8.00. The molecule has 1 aliphatic rings. The number of nitrogens with one attached hydrogen (secondary N) is 3. The molecule has 3 N–H and O–H groups in total. The lowest BCUT2D eigenvalue weighted by molar-refractivity contribution is 0.178. The third-order valence-corrected chi connectivity index (χ3v) is 6.03. The highest BCUT2D eigenvalue weighted by Gasteiger charge is 2.21. The topological polar surface area (TPSA) is 69.9 Å². The molecule has 2 atom stereocenters. The quantitative estimate of drug-likeness (QED) is 0.481. The normalized spacial score (nSPS) is 17.9. The molecule has 2 aromatic heterocycles. The number of ether oxygens (including phenoxy) is 1. The van der Waals surface area contributed by atoms with Gasteiger partial charge in [0.05, 0.1) is 17.9 Å². The number of pyridine rings is 1. The first-order valence-corrected chi connectivity index (χ1v) is 10.2. The van der Waals surface area contributed by atoms with Gasteiger partial charge in [0.25, 0.3) is 5.56 Å². The molecule has 1 aliphatic heterocycles. The van der Waals surface area contributed by atoms with Crippen LogP contribution in [0.15, 0.2) is 59.4 Å². The second-order valence-corrected chi connectivity index (χ2v) is 8.00. The summed E-state index contributed by atoms with van der Waals surface area (Å²) in [5.41, 5.74) is 4.55. The van der Waals surface area contributed by atoms with Crippen molar-refractivity contribution < 1.29 is 4.74 Å². The van der Waals surface area contributed by atoms with E-state index in [4.69, 9.17) is 4.74 Å². The van der Waals surface area contributed by atoms with E-state index >= 15 is 0 Å². The number of aromatic amines is 2. The Balaban J connectivity index is 1.41. The van der Waals surface area contributed by atoms with Crippen LogP contribution < -0.4 is 10.9 Å². The van der Waals surface area contributed by atoms with E-state index in [2.05, 4.69) is 46.5 Å². The minimum atomic E-state index is -0.0789. The van der Waals surface area contributed by atoms with Gasteiger partial charge >= 0.3 is 0 Å². The largest absolute Gasteiger partial charge is 0.381 e. The second kappa shape index (κ2) is 7.50. The molecule has 5 nitrogen and oxygen atoms in total. The zero-order valence-corrected chi connectivity index (χ0v) is 16.5. The van der Waals surface area contributed by atoms with Gasteiger partial charge in [-0.05, 0) is 60.5 Å². The molecule has 1 fully saturated rings. The molecule has 4 aromatic rings. The molecule has 0 aliphatic carbocycles. The van der Waals surface area contributed by atoms with Gasteiger partial charge in [0.2, 0.25) is 0 Å². The van der Waals surface area contributed by atoms with Crippen molar-refractivity contribution in [3.63, 3.8) is 0 Å². The Morgan fingerprint density at radius 2 is 1.93 bits per heavy atom. The van der Waals surface area contributed by atoms with Gasteiger partial charge in [-0.15, -0.1) is 0 Å². The van der Waals surface area contributed by atoms with Gasteiger partial charge in [-0.25, -0.2) is 0 Å². The summed E-state index contributed by atoms with van der Waals surface area (Å²) in [5, 5.41) is 5.77. The van der Waals surface area contributed by atoms with Crippen molar-refractivity contribution in [3.8, 4) is 11.3 Å². The lowest BCUT2D eigenvalue weighted by Crippen LogP contribution is -2.33. The van der Waals surface area contributed by atoms with Crippen molar-refractivity contribution in [1.29, 1.82) is 0 Å². The molecule has 0 saturated carbocycles. The Kier molecular flexibility index (Phi) is 4.70. The summed E-state index contributed by atoms with van der Waals surface area (Å²) in [4.78, 5) is 19.0. The number of hydrogen-bond donors (Lipinski definition) is 3. The van der Waals surface area contributed by atoms with E-state index in [1.807, 2.05) is 30.3 Å². The first kappa shape index (κ1) is 18.2. The standard InChI is InChI=1S/C24H25N3O2/c1-15(18-8-9-29-14-18)25-13-16-6-7-22-19(10-16)12-23(26-22)20-11-17-4-2-3-5-21(17)27-24(20)28/h2-7,10-12,15,18,25-26H,8-9,13-14H2,1H3,(H,27,28). The van der Waals surface area contributed by atoms with Crippen LogP contribution in [0.2, 0.25) is 0 Å². The minimum absolute atomic E-state index is 0.0789. The van der Waals surface area contributed by atoms with Crippen LogP contribution in [0.4, 0.5) is 0 Å². The highest BCUT2D eigenvalue weighted by Crippen LogP contribution is 2.25. The van der Waals surface area contributed by atoms with Crippen LogP contribution >= 0.6 is 0 Å². The van der Waals surface area contributed by atoms with Crippen LogP contribution in [0.1, 0.15) is 18.9 Å². The molecule has 5 heteroatoms. The maximum absolute atomic E-state index is 12.6. The predicted octanol–water partition coefficient (Wildman–Crippen LogP) is 4.19. The maximum atomic E-state index is 12.6. The highest BCUT2D eigenvalue weighted by molar-refractivity contribution is 5.89. The summed E-state index contributed by atoms with van der Waals surface area (Å²) >= 11 is 0. The molecule has 2 unspecified atom stereocenters. The van der Waals surface area contributed by atoms with Crippen LogP contribution in [0.5, 0.6) is 0 Å². The average Bonchev–Trinajstić information content (AvgIpc) is 3.41. The lowest BCUT2D eigenvalue weighted by atomic mass is 10.0. The molecule has 0 amide bonds.